The number of hydrogen-bond acceptors (Lipinski definition) is 9. The molecule has 0 saturated carbocycles. The van der Waals surface area contributed by atoms with Gasteiger partial charge in [-0.05, 0) is 24.3 Å². The number of fused-ring (bicyclic) bond motifs is 2. The van der Waals surface area contributed by atoms with Gasteiger partial charge in [0.25, 0.3) is 5.91 Å². The van der Waals surface area contributed by atoms with Crippen molar-refractivity contribution in [2.75, 3.05) is 20.3 Å². The molecule has 200 valence electrons. The van der Waals surface area contributed by atoms with Gasteiger partial charge in [0.05, 0.1) is 49.2 Å². The molecule has 11 heteroatoms. The Bertz CT molecular complexity index is 1470. The maximum absolute atomic E-state index is 13.5. The lowest BCUT2D eigenvalue weighted by Gasteiger charge is -2.48. The highest BCUT2D eigenvalue weighted by Crippen LogP contribution is 2.31. The van der Waals surface area contributed by atoms with Gasteiger partial charge in [0.1, 0.15) is 29.6 Å². The van der Waals surface area contributed by atoms with Crippen molar-refractivity contribution in [3.8, 4) is 5.75 Å². The van der Waals surface area contributed by atoms with Gasteiger partial charge in [-0.1, -0.05) is 24.3 Å². The van der Waals surface area contributed by atoms with Crippen LogP contribution in [0.25, 0.3) is 21.8 Å². The average Bonchev–Trinajstić information content (AvgIpc) is 3.30. The summed E-state index contributed by atoms with van der Waals surface area (Å²) in [4.78, 5) is 18.3. The van der Waals surface area contributed by atoms with E-state index in [0.29, 0.717) is 23.2 Å². The highest BCUT2D eigenvalue weighted by atomic mass is 16.6. The second-order valence-electron chi connectivity index (χ2n) is 9.35. The highest BCUT2D eigenvalue weighted by molar-refractivity contribution is 6.07. The van der Waals surface area contributed by atoms with Crippen LogP contribution in [0.15, 0.2) is 60.8 Å². The monoisotopic (exact) mass is 523 g/mol. The normalized spacial score (nSPS) is 25.5. The number of aliphatic hydroxyl groups is 5. The number of carbonyl (C=O) groups excluding carboxylic acids is 1. The predicted octanol–water partition coefficient (Wildman–Crippen LogP) is 0.139. The Balaban J connectivity index is 1.52. The number of aromatic nitrogens is 2. The Morgan fingerprint density at radius 3 is 2.66 bits per heavy atom. The van der Waals surface area contributed by atoms with Crippen molar-refractivity contribution in [3.63, 3.8) is 0 Å². The third-order valence-corrected chi connectivity index (χ3v) is 7.09. The van der Waals surface area contributed by atoms with Crippen molar-refractivity contribution in [2.45, 2.75) is 36.7 Å². The van der Waals surface area contributed by atoms with Crippen molar-refractivity contribution in [2.24, 2.45) is 0 Å². The minimum atomic E-state index is -2.14. The first-order chi connectivity index (χ1) is 18.3. The Labute approximate surface area is 217 Å². The summed E-state index contributed by atoms with van der Waals surface area (Å²) < 4.78 is 12.4. The van der Waals surface area contributed by atoms with E-state index in [1.165, 1.54) is 7.11 Å². The molecule has 2 aromatic carbocycles. The number of benzene rings is 2. The minimum absolute atomic E-state index is 0.189. The van der Waals surface area contributed by atoms with Crippen molar-refractivity contribution < 1.29 is 39.8 Å². The number of methoxy groups -OCH3 is 1. The van der Waals surface area contributed by atoms with Gasteiger partial charge < -0.3 is 44.9 Å². The van der Waals surface area contributed by atoms with E-state index in [1.54, 1.807) is 24.4 Å². The molecule has 2 aromatic heterocycles. The van der Waals surface area contributed by atoms with Crippen LogP contribution in [0.5, 0.6) is 5.75 Å². The van der Waals surface area contributed by atoms with E-state index < -0.39 is 49.3 Å². The van der Waals surface area contributed by atoms with Crippen LogP contribution in [0.1, 0.15) is 16.1 Å². The molecule has 1 aliphatic heterocycles. The van der Waals surface area contributed by atoms with Gasteiger partial charge in [0.2, 0.25) is 0 Å². The van der Waals surface area contributed by atoms with Crippen LogP contribution in [0.3, 0.4) is 0 Å². The zero-order valence-corrected chi connectivity index (χ0v) is 20.6. The van der Waals surface area contributed by atoms with E-state index in [4.69, 9.17) is 14.5 Å². The van der Waals surface area contributed by atoms with Crippen LogP contribution in [-0.4, -0.2) is 91.5 Å². The predicted molar refractivity (Wildman–Crippen MR) is 137 cm³/mol. The summed E-state index contributed by atoms with van der Waals surface area (Å²) in [6.07, 6.45) is -5.08. The first kappa shape index (κ1) is 26.0. The maximum Gasteiger partial charge on any atom is 0.254 e. The summed E-state index contributed by atoms with van der Waals surface area (Å²) in [5.41, 5.74) is 0.315. The number of rotatable bonds is 7. The Hall–Kier alpha value is -3.58. The first-order valence-corrected chi connectivity index (χ1v) is 12.1. The minimum Gasteiger partial charge on any atom is -0.497 e. The second-order valence-corrected chi connectivity index (χ2v) is 9.35. The van der Waals surface area contributed by atoms with Crippen LogP contribution in [0.2, 0.25) is 0 Å². The molecule has 5 rings (SSSR count). The summed E-state index contributed by atoms with van der Waals surface area (Å²) >= 11 is 0. The van der Waals surface area contributed by atoms with E-state index in [0.717, 1.165) is 16.6 Å². The summed E-state index contributed by atoms with van der Waals surface area (Å²) in [5.74, 6) is -0.150. The number of ether oxygens (including phenoxy) is 2. The van der Waals surface area contributed by atoms with Crippen molar-refractivity contribution in [1.29, 1.82) is 0 Å². The van der Waals surface area contributed by atoms with E-state index in [2.05, 4.69) is 5.32 Å². The quantitative estimate of drug-likeness (QED) is 0.197. The lowest BCUT2D eigenvalue weighted by molar-refractivity contribution is -0.288. The molecule has 1 aliphatic rings. The Kier molecular flexibility index (Phi) is 7.05. The van der Waals surface area contributed by atoms with Crippen molar-refractivity contribution in [1.82, 2.24) is 14.9 Å². The molecule has 3 heterocycles. The molecule has 1 unspecified atom stereocenters. The molecule has 11 nitrogen and oxygen atoms in total. The van der Waals surface area contributed by atoms with Crippen LogP contribution in [0.4, 0.5) is 0 Å². The number of aliphatic hydroxyl groups excluding tert-OH is 5. The number of hydrogen-bond donors (Lipinski definition) is 6. The molecule has 0 spiro atoms. The van der Waals surface area contributed by atoms with Crippen molar-refractivity contribution in [3.05, 3.63) is 72.1 Å². The summed E-state index contributed by atoms with van der Waals surface area (Å²) in [6.45, 7) is -1.29. The fraction of sp³-hybridized carbons (Fsp3) is 0.333. The number of nitrogens with one attached hydrogen (secondary N) is 1. The van der Waals surface area contributed by atoms with Gasteiger partial charge in [-0.3, -0.25) is 9.78 Å². The lowest BCUT2D eigenvalue weighted by Crippen LogP contribution is -2.74. The van der Waals surface area contributed by atoms with Gasteiger partial charge in [0, 0.05) is 23.0 Å². The average molecular weight is 524 g/mol. The van der Waals surface area contributed by atoms with Crippen LogP contribution < -0.4 is 10.1 Å². The van der Waals surface area contributed by atoms with E-state index >= 15 is 0 Å². The van der Waals surface area contributed by atoms with Crippen LogP contribution in [0, 0.1) is 0 Å². The SMILES string of the molecule is COc1ccc2c(C(=O)N[C@@]3(CO)C(O)O[C@H](CO)[C@@H](O)[C@@H]3O)cn(Cc3ccc4ccccc4n3)c2c1. The molecule has 6 N–H and O–H groups in total. The second kappa shape index (κ2) is 10.3. The van der Waals surface area contributed by atoms with Gasteiger partial charge in [-0.15, -0.1) is 0 Å². The van der Waals surface area contributed by atoms with Gasteiger partial charge in [-0.25, -0.2) is 0 Å². The third kappa shape index (κ3) is 4.39. The molecule has 1 fully saturated rings. The maximum atomic E-state index is 13.5. The molecular formula is C27H29N3O8. The molecule has 0 radical (unpaired) electrons. The molecular weight excluding hydrogens is 494 g/mol. The van der Waals surface area contributed by atoms with Crippen LogP contribution in [-0.2, 0) is 11.3 Å². The Morgan fingerprint density at radius 2 is 1.92 bits per heavy atom. The molecule has 1 amide bonds. The molecule has 1 saturated heterocycles. The number of para-hydroxylation sites is 1. The van der Waals surface area contributed by atoms with E-state index in [-0.39, 0.29) is 5.56 Å². The lowest BCUT2D eigenvalue weighted by atomic mass is 9.83. The fourth-order valence-electron chi connectivity index (χ4n) is 4.88. The standard InChI is InChI=1S/C27H29N3O8/c1-37-17-8-9-18-19(25(35)29-27(14-32)24(34)23(33)22(13-31)38-26(27)36)12-30(21(18)10-17)11-16-7-6-15-4-2-3-5-20(15)28-16/h2-10,12,22-24,26,31-34,36H,11,13-14H2,1H3,(H,29,35)/t22-,23-,24+,26?,27-/m1/s1. The Morgan fingerprint density at radius 1 is 1.13 bits per heavy atom. The molecule has 0 aliphatic carbocycles. The molecule has 0 bridgehead atoms. The van der Waals surface area contributed by atoms with Gasteiger partial charge in [0.15, 0.2) is 6.29 Å². The van der Waals surface area contributed by atoms with Crippen LogP contribution >= 0.6 is 0 Å². The fourth-order valence-corrected chi connectivity index (χ4v) is 4.88. The smallest absolute Gasteiger partial charge is 0.254 e. The molecule has 4 aromatic rings. The number of amides is 1. The number of nitrogens with zero attached hydrogens (tertiary/aromatic N) is 2. The van der Waals surface area contributed by atoms with Crippen molar-refractivity contribution >= 4 is 27.7 Å². The highest BCUT2D eigenvalue weighted by Gasteiger charge is 2.56. The summed E-state index contributed by atoms with van der Waals surface area (Å²) in [7, 11) is 1.54. The van der Waals surface area contributed by atoms with E-state index in [9.17, 15) is 30.3 Å². The molecule has 5 atom stereocenters. The van der Waals surface area contributed by atoms with E-state index in [1.807, 2.05) is 41.0 Å². The van der Waals surface area contributed by atoms with Gasteiger partial charge >= 0.3 is 0 Å². The number of carbonyl (C=O) groups is 1. The summed E-state index contributed by atoms with van der Waals surface area (Å²) in [5, 5.41) is 55.1. The first-order valence-electron chi connectivity index (χ1n) is 12.1. The zero-order valence-electron chi connectivity index (χ0n) is 20.6. The number of pyridine rings is 1. The molecule has 38 heavy (non-hydrogen) atoms. The summed E-state index contributed by atoms with van der Waals surface area (Å²) in [6, 6.07) is 16.8. The topological polar surface area (TPSA) is 167 Å². The van der Waals surface area contributed by atoms with Gasteiger partial charge in [-0.2, -0.15) is 0 Å². The largest absolute Gasteiger partial charge is 0.497 e. The third-order valence-electron chi connectivity index (χ3n) is 7.09. The zero-order chi connectivity index (χ0) is 27.0.